The van der Waals surface area contributed by atoms with Crippen molar-refractivity contribution in [2.75, 3.05) is 26.2 Å². The van der Waals surface area contributed by atoms with Gasteiger partial charge in [0.2, 0.25) is 0 Å². The van der Waals surface area contributed by atoms with Crippen molar-refractivity contribution in [1.82, 2.24) is 4.90 Å². The van der Waals surface area contributed by atoms with Gasteiger partial charge in [0.1, 0.15) is 11.6 Å². The summed E-state index contributed by atoms with van der Waals surface area (Å²) in [6.45, 7) is 2.88. The maximum Gasteiger partial charge on any atom is 0.162 e. The van der Waals surface area contributed by atoms with Crippen LogP contribution in [0.25, 0.3) is 0 Å². The molecule has 38 heavy (non-hydrogen) atoms. The summed E-state index contributed by atoms with van der Waals surface area (Å²) in [5.74, 6) is -0.712. The third kappa shape index (κ3) is 7.56. The van der Waals surface area contributed by atoms with E-state index in [1.807, 2.05) is 24.3 Å². The van der Waals surface area contributed by atoms with E-state index in [-0.39, 0.29) is 23.2 Å². The zero-order valence-corrected chi connectivity index (χ0v) is 22.1. The third-order valence-corrected chi connectivity index (χ3v) is 7.42. The molecule has 0 aliphatic carbocycles. The van der Waals surface area contributed by atoms with Crippen LogP contribution in [0.3, 0.4) is 0 Å². The van der Waals surface area contributed by atoms with Gasteiger partial charge in [-0.05, 0) is 98.5 Å². The summed E-state index contributed by atoms with van der Waals surface area (Å²) in [6.07, 6.45) is 3.62. The molecule has 1 heterocycles. The van der Waals surface area contributed by atoms with Crippen LogP contribution in [0.4, 0.5) is 8.78 Å². The number of carbonyl (C=O) groups excluding carboxylic acids is 2. The lowest BCUT2D eigenvalue weighted by Gasteiger charge is -2.42. The highest BCUT2D eigenvalue weighted by Crippen LogP contribution is 2.37. The van der Waals surface area contributed by atoms with Gasteiger partial charge in [-0.25, -0.2) is 8.78 Å². The van der Waals surface area contributed by atoms with Gasteiger partial charge in [-0.3, -0.25) is 9.59 Å². The molecule has 3 aromatic carbocycles. The van der Waals surface area contributed by atoms with E-state index in [1.54, 1.807) is 0 Å². The normalized spacial score (nSPS) is 15.3. The van der Waals surface area contributed by atoms with Crippen LogP contribution in [0, 0.1) is 11.6 Å². The van der Waals surface area contributed by atoms with E-state index >= 15 is 0 Å². The molecule has 0 spiro atoms. The average molecular weight is 540 g/mol. The second-order valence-corrected chi connectivity index (χ2v) is 10.2. The number of hydrogen-bond acceptors (Lipinski definition) is 4. The zero-order chi connectivity index (χ0) is 27.0. The lowest BCUT2D eigenvalue weighted by atomic mass is 9.84. The van der Waals surface area contributed by atoms with Crippen molar-refractivity contribution < 1.29 is 23.1 Å². The van der Waals surface area contributed by atoms with Crippen molar-refractivity contribution in [2.24, 2.45) is 0 Å². The van der Waals surface area contributed by atoms with E-state index in [2.05, 4.69) is 4.90 Å². The van der Waals surface area contributed by atoms with Crippen LogP contribution in [0.15, 0.2) is 72.8 Å². The quantitative estimate of drug-likeness (QED) is 0.180. The molecule has 7 heteroatoms. The number of piperidine rings is 1. The zero-order valence-electron chi connectivity index (χ0n) is 21.3. The fourth-order valence-electron chi connectivity index (χ4n) is 4.93. The number of hydrogen-bond donors (Lipinski definition) is 0. The maximum absolute atomic E-state index is 13.1. The Morgan fingerprint density at radius 3 is 1.79 bits per heavy atom. The van der Waals surface area contributed by atoms with Crippen LogP contribution in [0.2, 0.25) is 5.02 Å². The number of nitrogens with zero attached hydrogens (tertiary/aromatic N) is 1. The molecule has 1 saturated heterocycles. The van der Waals surface area contributed by atoms with Crippen LogP contribution in [0.5, 0.6) is 0 Å². The fraction of sp³-hybridized carbons (Fsp3) is 0.355. The first-order valence-electron chi connectivity index (χ1n) is 13.0. The van der Waals surface area contributed by atoms with Crippen LogP contribution >= 0.6 is 11.6 Å². The molecule has 0 radical (unpaired) electrons. The molecule has 0 unspecified atom stereocenters. The highest BCUT2D eigenvalue weighted by atomic mass is 35.5. The molecular formula is C31H32ClF2NO3. The van der Waals surface area contributed by atoms with Gasteiger partial charge in [0.15, 0.2) is 11.6 Å². The first-order valence-corrected chi connectivity index (χ1v) is 13.4. The first-order chi connectivity index (χ1) is 18.3. The summed E-state index contributed by atoms with van der Waals surface area (Å²) in [5.41, 5.74) is 1.64. The summed E-state index contributed by atoms with van der Waals surface area (Å²) < 4.78 is 32.7. The Morgan fingerprint density at radius 2 is 1.26 bits per heavy atom. The Bertz CT molecular complexity index is 1210. The number of ketones is 2. The smallest absolute Gasteiger partial charge is 0.162 e. The predicted molar refractivity (Wildman–Crippen MR) is 145 cm³/mol. The molecule has 0 atom stereocenters. The predicted octanol–water partition coefficient (Wildman–Crippen LogP) is 7.25. The van der Waals surface area contributed by atoms with E-state index in [1.165, 1.54) is 48.5 Å². The molecule has 0 amide bonds. The highest BCUT2D eigenvalue weighted by Gasteiger charge is 2.37. The van der Waals surface area contributed by atoms with E-state index in [0.29, 0.717) is 42.0 Å². The molecule has 4 nitrogen and oxygen atoms in total. The van der Waals surface area contributed by atoms with E-state index < -0.39 is 5.60 Å². The van der Waals surface area contributed by atoms with Crippen molar-refractivity contribution in [3.05, 3.63) is 106 Å². The average Bonchev–Trinajstić information content (AvgIpc) is 2.93. The van der Waals surface area contributed by atoms with Crippen LogP contribution in [-0.4, -0.2) is 42.7 Å². The molecule has 3 aromatic rings. The summed E-state index contributed by atoms with van der Waals surface area (Å²) in [5, 5.41) is 0.664. The number of halogens is 3. The molecule has 0 aromatic heterocycles. The number of rotatable bonds is 12. The third-order valence-electron chi connectivity index (χ3n) is 7.17. The molecule has 4 rings (SSSR count). The van der Waals surface area contributed by atoms with Crippen LogP contribution in [-0.2, 0) is 10.3 Å². The van der Waals surface area contributed by atoms with Gasteiger partial charge in [0, 0.05) is 48.7 Å². The lowest BCUT2D eigenvalue weighted by Crippen LogP contribution is -2.44. The first kappa shape index (κ1) is 28.1. The van der Waals surface area contributed by atoms with Crippen LogP contribution in [0.1, 0.15) is 64.8 Å². The van der Waals surface area contributed by atoms with Gasteiger partial charge in [-0.1, -0.05) is 23.7 Å². The molecule has 1 aliphatic heterocycles. The monoisotopic (exact) mass is 539 g/mol. The number of Topliss-reactive ketones (excluding diaryl/α,β-unsaturated/α-hetero) is 2. The largest absolute Gasteiger partial charge is 0.370 e. The van der Waals surface area contributed by atoms with Crippen molar-refractivity contribution in [3.63, 3.8) is 0 Å². The standard InChI is InChI=1S/C31H32ClF2NO3/c32-26-11-9-25(10-12-26)31(38-22-2-4-30(37)24-7-15-28(34)16-8-24)17-20-35(21-18-31)19-1-3-29(36)23-5-13-27(33)14-6-23/h5-16H,1-4,17-22H2. The highest BCUT2D eigenvalue weighted by molar-refractivity contribution is 6.30. The summed E-state index contributed by atoms with van der Waals surface area (Å²) in [7, 11) is 0. The van der Waals surface area contributed by atoms with Crippen molar-refractivity contribution in [3.8, 4) is 0 Å². The Hall–Kier alpha value is -2.93. The van der Waals surface area contributed by atoms with E-state index in [4.69, 9.17) is 16.3 Å². The van der Waals surface area contributed by atoms with Gasteiger partial charge in [-0.15, -0.1) is 0 Å². The van der Waals surface area contributed by atoms with Crippen molar-refractivity contribution in [2.45, 2.75) is 44.1 Å². The SMILES string of the molecule is O=C(CCCOC1(c2ccc(Cl)cc2)CCN(CCCC(=O)c2ccc(F)cc2)CC1)c1ccc(F)cc1. The lowest BCUT2D eigenvalue weighted by molar-refractivity contribution is -0.0905. The molecule has 1 aliphatic rings. The number of carbonyl (C=O) groups is 2. The van der Waals surface area contributed by atoms with E-state index in [0.717, 1.165) is 44.5 Å². The van der Waals surface area contributed by atoms with Crippen molar-refractivity contribution >= 4 is 23.2 Å². The summed E-state index contributed by atoms with van der Waals surface area (Å²) in [6, 6.07) is 19.0. The topological polar surface area (TPSA) is 46.6 Å². The summed E-state index contributed by atoms with van der Waals surface area (Å²) >= 11 is 6.13. The van der Waals surface area contributed by atoms with Gasteiger partial charge >= 0.3 is 0 Å². The van der Waals surface area contributed by atoms with Gasteiger partial charge in [0.05, 0.1) is 5.60 Å². The van der Waals surface area contributed by atoms with Gasteiger partial charge < -0.3 is 9.64 Å². The fourth-order valence-corrected chi connectivity index (χ4v) is 5.06. The Labute approximate surface area is 227 Å². The van der Waals surface area contributed by atoms with Crippen LogP contribution < -0.4 is 0 Å². The van der Waals surface area contributed by atoms with Gasteiger partial charge in [-0.2, -0.15) is 0 Å². The minimum absolute atomic E-state index is 0.0241. The second kappa shape index (κ2) is 13.2. The molecule has 0 N–H and O–H groups in total. The minimum atomic E-state index is -0.468. The minimum Gasteiger partial charge on any atom is -0.370 e. The maximum atomic E-state index is 13.1. The number of ether oxygens (including phenoxy) is 1. The second-order valence-electron chi connectivity index (χ2n) is 9.76. The Kier molecular flexibility index (Phi) is 9.78. The summed E-state index contributed by atoms with van der Waals surface area (Å²) in [4.78, 5) is 27.2. The molecule has 0 saturated carbocycles. The molecular weight excluding hydrogens is 508 g/mol. The van der Waals surface area contributed by atoms with E-state index in [9.17, 15) is 18.4 Å². The van der Waals surface area contributed by atoms with Gasteiger partial charge in [0.25, 0.3) is 0 Å². The molecule has 1 fully saturated rings. The Morgan fingerprint density at radius 1 is 0.763 bits per heavy atom. The van der Waals surface area contributed by atoms with Crippen molar-refractivity contribution in [1.29, 1.82) is 0 Å². The Balaban J connectivity index is 1.29. The molecule has 200 valence electrons. The molecule has 0 bridgehead atoms. The number of likely N-dealkylation sites (tertiary alicyclic amines) is 1. The number of benzene rings is 3.